The molecule has 0 aromatic rings. The lowest BCUT2D eigenvalue weighted by molar-refractivity contribution is -0.362. The summed E-state index contributed by atoms with van der Waals surface area (Å²) in [5.41, 5.74) is 0. The maximum Gasteiger partial charge on any atom is 0.220 e. The number of hydrogen-bond acceptors (Lipinski definition) is 21. The zero-order chi connectivity index (χ0) is 53.8. The number of nitrogens with one attached hydrogen (secondary N) is 4. The van der Waals surface area contributed by atoms with E-state index >= 15 is 0 Å². The van der Waals surface area contributed by atoms with Gasteiger partial charge in [-0.3, -0.25) is 19.2 Å². The Kier molecular flexibility index (Phi) is 27.3. The van der Waals surface area contributed by atoms with Crippen LogP contribution in [0, 0.1) is 0 Å². The van der Waals surface area contributed by atoms with Gasteiger partial charge in [0.2, 0.25) is 23.6 Å². The number of carbonyl (C=O) groups excluding carboxylic acids is 4. The smallest absolute Gasteiger partial charge is 0.220 e. The summed E-state index contributed by atoms with van der Waals surface area (Å²) in [5, 5.41) is 119. The zero-order valence-corrected chi connectivity index (χ0v) is 42.4. The highest BCUT2D eigenvalue weighted by molar-refractivity contribution is 5.76. The Bertz CT molecular complexity index is 1690. The first-order valence-electron chi connectivity index (χ1n) is 25.8. The summed E-state index contributed by atoms with van der Waals surface area (Å²) < 4.78 is 41.4. The summed E-state index contributed by atoms with van der Waals surface area (Å²) in [7, 11) is 0. The molecule has 4 saturated heterocycles. The first kappa shape index (κ1) is 62.5. The Morgan fingerprint density at radius 1 is 0.438 bits per heavy atom. The number of ether oxygens (including phenoxy) is 7. The SMILES string of the molecule is CCCCCCCC/C=C\CCCCCCCC(=O)N[C@H]1[C@H](O[C@H]2C(O)[C@@H](NC(C)=O)[C@H](O[C@H]3[C@H](O)[C@@H](NC(C)=O)[C@H](O[C@H]4C(O)[C@@H](NC(C)=O)[C@H](O)O[C@@H]4CO)O[C@@H]3CO)O[C@@H]2CO)O[C@H](CO)[C@@H](O)[C@@H]1O. The molecule has 20 atom stereocenters. The van der Waals surface area contributed by atoms with E-state index in [1.165, 1.54) is 38.5 Å². The quantitative estimate of drug-likeness (QED) is 0.0260. The van der Waals surface area contributed by atoms with E-state index in [0.29, 0.717) is 6.42 Å². The van der Waals surface area contributed by atoms with Gasteiger partial charge in [0.25, 0.3) is 0 Å². The van der Waals surface area contributed by atoms with Gasteiger partial charge in [0, 0.05) is 27.2 Å². The van der Waals surface area contributed by atoms with Crippen LogP contribution >= 0.6 is 0 Å². The molecule has 0 spiro atoms. The Balaban J connectivity index is 1.44. The molecule has 0 aliphatic carbocycles. The Hall–Kier alpha value is -3.06. The van der Waals surface area contributed by atoms with Crippen LogP contribution in [0.15, 0.2) is 12.2 Å². The van der Waals surface area contributed by atoms with Crippen LogP contribution in [0.5, 0.6) is 0 Å². The zero-order valence-electron chi connectivity index (χ0n) is 42.4. The van der Waals surface area contributed by atoms with Crippen molar-refractivity contribution < 1.29 is 103 Å². The van der Waals surface area contributed by atoms with Gasteiger partial charge in [0.1, 0.15) is 97.4 Å². The first-order valence-corrected chi connectivity index (χ1v) is 25.8. The molecule has 25 heteroatoms. The van der Waals surface area contributed by atoms with Crippen LogP contribution < -0.4 is 21.3 Å². The van der Waals surface area contributed by atoms with E-state index in [-0.39, 0.29) is 6.42 Å². The minimum absolute atomic E-state index is 0.0518. The molecule has 422 valence electrons. The van der Waals surface area contributed by atoms with Gasteiger partial charge in [-0.1, -0.05) is 70.4 Å². The number of carbonyl (C=O) groups is 4. The van der Waals surface area contributed by atoms with Crippen LogP contribution in [0.1, 0.15) is 118 Å². The van der Waals surface area contributed by atoms with Gasteiger partial charge in [-0.25, -0.2) is 0 Å². The molecular weight excluding hydrogens is 969 g/mol. The summed E-state index contributed by atoms with van der Waals surface area (Å²) in [6.07, 6.45) is -8.64. The van der Waals surface area contributed by atoms with Crippen LogP contribution in [0.4, 0.5) is 0 Å². The van der Waals surface area contributed by atoms with Gasteiger partial charge >= 0.3 is 0 Å². The van der Waals surface area contributed by atoms with Gasteiger partial charge in [0.05, 0.1) is 26.4 Å². The second-order valence-electron chi connectivity index (χ2n) is 19.3. The molecule has 0 radical (unpaired) electrons. The minimum atomic E-state index is -1.90. The lowest BCUT2D eigenvalue weighted by Gasteiger charge is -2.51. The molecule has 0 bridgehead atoms. The van der Waals surface area contributed by atoms with E-state index in [1.54, 1.807) is 0 Å². The third-order valence-electron chi connectivity index (χ3n) is 13.4. The van der Waals surface area contributed by atoms with E-state index in [2.05, 4.69) is 40.3 Å². The van der Waals surface area contributed by atoms with E-state index in [1.807, 2.05) is 0 Å². The van der Waals surface area contributed by atoms with Crippen molar-refractivity contribution in [2.24, 2.45) is 0 Å². The number of unbranched alkanes of at least 4 members (excludes halogenated alkanes) is 11. The summed E-state index contributed by atoms with van der Waals surface area (Å²) in [5.74, 6) is -2.66. The highest BCUT2D eigenvalue weighted by atomic mass is 16.8. The number of aliphatic hydroxyl groups is 10. The number of allylic oxidation sites excluding steroid dienone is 2. The van der Waals surface area contributed by atoms with Gasteiger partial charge < -0.3 is 105 Å². The lowest BCUT2D eigenvalue weighted by Crippen LogP contribution is -2.71. The van der Waals surface area contributed by atoms with Gasteiger partial charge in [-0.15, -0.1) is 0 Å². The van der Waals surface area contributed by atoms with Crippen LogP contribution in [-0.4, -0.2) is 224 Å². The number of hydrogen-bond donors (Lipinski definition) is 14. The summed E-state index contributed by atoms with van der Waals surface area (Å²) in [4.78, 5) is 50.3. The van der Waals surface area contributed by atoms with Crippen LogP contribution in [0.2, 0.25) is 0 Å². The van der Waals surface area contributed by atoms with Crippen LogP contribution in [-0.2, 0) is 52.3 Å². The molecule has 4 aliphatic heterocycles. The largest absolute Gasteiger partial charge is 0.394 e. The van der Waals surface area contributed by atoms with E-state index in [0.717, 1.165) is 59.3 Å². The summed E-state index contributed by atoms with van der Waals surface area (Å²) >= 11 is 0. The molecule has 4 aliphatic rings. The third-order valence-corrected chi connectivity index (χ3v) is 13.4. The average molecular weight is 1050 g/mol. The molecule has 4 amide bonds. The van der Waals surface area contributed by atoms with Crippen molar-refractivity contribution in [2.75, 3.05) is 26.4 Å². The molecule has 4 rings (SSSR count). The Morgan fingerprint density at radius 3 is 1.22 bits per heavy atom. The number of rotatable bonds is 29. The summed E-state index contributed by atoms with van der Waals surface area (Å²) in [6, 6.07) is -6.17. The van der Waals surface area contributed by atoms with E-state index < -0.39 is 173 Å². The maximum atomic E-state index is 13.3. The molecule has 25 nitrogen and oxygen atoms in total. The van der Waals surface area contributed by atoms with Gasteiger partial charge in [0.15, 0.2) is 25.2 Å². The highest BCUT2D eigenvalue weighted by Crippen LogP contribution is 2.34. The fourth-order valence-corrected chi connectivity index (χ4v) is 9.55. The molecule has 4 fully saturated rings. The van der Waals surface area contributed by atoms with Crippen LogP contribution in [0.3, 0.4) is 0 Å². The average Bonchev–Trinajstić information content (AvgIpc) is 3.35. The predicted octanol–water partition coefficient (Wildman–Crippen LogP) is -3.16. The van der Waals surface area contributed by atoms with Crippen molar-refractivity contribution in [3.63, 3.8) is 0 Å². The van der Waals surface area contributed by atoms with E-state index in [4.69, 9.17) is 33.2 Å². The minimum Gasteiger partial charge on any atom is -0.394 e. The molecule has 0 aromatic heterocycles. The Morgan fingerprint density at radius 2 is 0.795 bits per heavy atom. The third kappa shape index (κ3) is 18.3. The van der Waals surface area contributed by atoms with Crippen molar-refractivity contribution in [2.45, 2.75) is 240 Å². The van der Waals surface area contributed by atoms with Crippen molar-refractivity contribution in [3.05, 3.63) is 12.2 Å². The van der Waals surface area contributed by atoms with E-state index in [9.17, 15) is 70.2 Å². The Labute approximate surface area is 426 Å². The topological polar surface area (TPSA) is 383 Å². The molecule has 14 N–H and O–H groups in total. The van der Waals surface area contributed by atoms with Crippen molar-refractivity contribution >= 4 is 23.6 Å². The molecule has 4 heterocycles. The monoisotopic (exact) mass is 1050 g/mol. The normalized spacial score (nSPS) is 36.9. The van der Waals surface area contributed by atoms with Gasteiger partial charge in [-0.2, -0.15) is 0 Å². The molecular formula is C48H84N4O21. The highest BCUT2D eigenvalue weighted by Gasteiger charge is 2.56. The van der Waals surface area contributed by atoms with Crippen LogP contribution in [0.25, 0.3) is 0 Å². The molecule has 0 saturated carbocycles. The lowest BCUT2D eigenvalue weighted by atomic mass is 9.93. The molecule has 2 unspecified atom stereocenters. The van der Waals surface area contributed by atoms with Gasteiger partial charge in [-0.05, 0) is 32.1 Å². The van der Waals surface area contributed by atoms with Crippen molar-refractivity contribution in [1.29, 1.82) is 0 Å². The fourth-order valence-electron chi connectivity index (χ4n) is 9.55. The second kappa shape index (κ2) is 31.9. The van der Waals surface area contributed by atoms with Crippen molar-refractivity contribution in [3.8, 4) is 0 Å². The fraction of sp³-hybridized carbons (Fsp3) is 0.875. The molecule has 73 heavy (non-hydrogen) atoms. The second-order valence-corrected chi connectivity index (χ2v) is 19.3. The standard InChI is InChI=1S/C48H84N4O21/c1-5-6-7-8-9-10-11-12-13-14-15-16-17-18-19-20-32(60)52-34-38(62)37(61)28(21-53)68-46(34)72-43-30(23-55)70-48(36(40(43)64)51-27(4)59)73-44-31(24-56)69-47(35(41(44)65)50-26(3)58)71-42-29(22-54)67-45(66)33(39(42)63)49-25(2)57/h12-13,28-31,33-48,53-56,61-66H,5-11,14-24H2,1-4H3,(H,49,57)(H,50,58)(H,51,59)(H,52,60)/b13-12-/t28-,29-,30-,31-,33-,34-,35-,36-,37-,38-,39?,40?,41-,42-,43-,44-,45-,46+,47+,48+/m1/s1. The summed E-state index contributed by atoms with van der Waals surface area (Å²) in [6.45, 7) is 2.04. The molecule has 0 aromatic carbocycles. The van der Waals surface area contributed by atoms with Crippen molar-refractivity contribution in [1.82, 2.24) is 21.3 Å². The first-order chi connectivity index (χ1) is 34.9. The predicted molar refractivity (Wildman–Crippen MR) is 254 cm³/mol. The maximum absolute atomic E-state index is 13.3. The number of aliphatic hydroxyl groups excluding tert-OH is 10. The number of amides is 4.